The van der Waals surface area contributed by atoms with Gasteiger partial charge in [0.15, 0.2) is 6.61 Å². The van der Waals surface area contributed by atoms with Crippen LogP contribution in [0.15, 0.2) is 59.5 Å². The third-order valence-electron chi connectivity index (χ3n) is 4.73. The van der Waals surface area contributed by atoms with E-state index >= 15 is 0 Å². The topological polar surface area (TPSA) is 92.8 Å². The van der Waals surface area contributed by atoms with Crippen LogP contribution in [-0.2, 0) is 19.6 Å². The molecule has 0 saturated heterocycles. The smallest absolute Gasteiger partial charge is 0.338 e. The van der Waals surface area contributed by atoms with E-state index in [-0.39, 0.29) is 34.9 Å². The summed E-state index contributed by atoms with van der Waals surface area (Å²) in [4.78, 5) is 24.1. The molecule has 0 aromatic heterocycles. The first-order valence-electron chi connectivity index (χ1n) is 9.81. The van der Waals surface area contributed by atoms with E-state index in [0.29, 0.717) is 5.69 Å². The van der Waals surface area contributed by atoms with Gasteiger partial charge in [0.05, 0.1) is 16.1 Å². The van der Waals surface area contributed by atoms with Gasteiger partial charge in [0.2, 0.25) is 0 Å². The van der Waals surface area contributed by atoms with Crippen LogP contribution >= 0.6 is 0 Å². The molecule has 0 bridgehead atoms. The average Bonchev–Trinajstić information content (AvgIpc) is 2.73. The number of anilines is 1. The third kappa shape index (κ3) is 5.82. The van der Waals surface area contributed by atoms with Crippen molar-refractivity contribution >= 4 is 27.6 Å². The van der Waals surface area contributed by atoms with Gasteiger partial charge in [0.25, 0.3) is 15.9 Å². The van der Waals surface area contributed by atoms with Crippen LogP contribution in [0.4, 0.5) is 5.69 Å². The van der Waals surface area contributed by atoms with Crippen LogP contribution in [0.2, 0.25) is 0 Å². The molecule has 2 aromatic carbocycles. The van der Waals surface area contributed by atoms with E-state index < -0.39 is 22.6 Å². The Bertz CT molecular complexity index is 957. The number of rotatable bonds is 9. The number of ether oxygens (including phenoxy) is 1. The second-order valence-corrected chi connectivity index (χ2v) is 9.07. The molecule has 0 heterocycles. The van der Waals surface area contributed by atoms with E-state index in [2.05, 4.69) is 5.32 Å². The summed E-state index contributed by atoms with van der Waals surface area (Å²) < 4.78 is 32.3. The molecule has 1 atom stereocenters. The normalized spacial score (nSPS) is 12.3. The Kier molecular flexibility index (Phi) is 8.00. The minimum atomic E-state index is -3.78. The number of amides is 1. The first kappa shape index (κ1) is 23.4. The van der Waals surface area contributed by atoms with Gasteiger partial charge in [-0.2, -0.15) is 0 Å². The van der Waals surface area contributed by atoms with Gasteiger partial charge >= 0.3 is 5.97 Å². The average molecular weight is 433 g/mol. The predicted octanol–water partition coefficient (Wildman–Crippen LogP) is 3.22. The van der Waals surface area contributed by atoms with Crippen LogP contribution in [0.5, 0.6) is 0 Å². The Balaban J connectivity index is 2.06. The highest BCUT2D eigenvalue weighted by Crippen LogP contribution is 2.23. The standard InChI is InChI=1S/C22H28N2O5S/c1-5-24(19-9-7-6-8-10-19)30(27,28)20-13-11-18(12-14-20)22(26)29-15-21(25)23-17(4)16(2)3/h6-14,16-17H,5,15H2,1-4H3,(H,23,25)/t17-/m1/s1. The molecular formula is C22H28N2O5S. The summed E-state index contributed by atoms with van der Waals surface area (Å²) >= 11 is 0. The quantitative estimate of drug-likeness (QED) is 0.614. The van der Waals surface area contributed by atoms with Crippen molar-refractivity contribution in [3.63, 3.8) is 0 Å². The zero-order valence-electron chi connectivity index (χ0n) is 17.7. The van der Waals surface area contributed by atoms with Gasteiger partial charge in [-0.25, -0.2) is 13.2 Å². The molecule has 0 fully saturated rings. The lowest BCUT2D eigenvalue weighted by molar-refractivity contribution is -0.125. The van der Waals surface area contributed by atoms with Crippen molar-refractivity contribution in [2.24, 2.45) is 5.92 Å². The van der Waals surface area contributed by atoms with Gasteiger partial charge < -0.3 is 10.1 Å². The second kappa shape index (κ2) is 10.2. The lowest BCUT2D eigenvalue weighted by Crippen LogP contribution is -2.38. The van der Waals surface area contributed by atoms with Crippen molar-refractivity contribution in [2.45, 2.75) is 38.6 Å². The van der Waals surface area contributed by atoms with Gasteiger partial charge in [-0.05, 0) is 56.2 Å². The highest BCUT2D eigenvalue weighted by Gasteiger charge is 2.24. The molecule has 2 rings (SSSR count). The highest BCUT2D eigenvalue weighted by molar-refractivity contribution is 7.92. The monoisotopic (exact) mass is 432 g/mol. The van der Waals surface area contributed by atoms with Crippen molar-refractivity contribution in [2.75, 3.05) is 17.5 Å². The Morgan fingerprint density at radius 3 is 2.13 bits per heavy atom. The number of hydrogen-bond donors (Lipinski definition) is 1. The van der Waals surface area contributed by atoms with Gasteiger partial charge in [0.1, 0.15) is 0 Å². The van der Waals surface area contributed by atoms with E-state index in [9.17, 15) is 18.0 Å². The van der Waals surface area contributed by atoms with Crippen LogP contribution in [0, 0.1) is 5.92 Å². The van der Waals surface area contributed by atoms with Crippen LogP contribution < -0.4 is 9.62 Å². The van der Waals surface area contributed by atoms with Gasteiger partial charge in [-0.15, -0.1) is 0 Å². The number of nitrogens with zero attached hydrogens (tertiary/aromatic N) is 1. The van der Waals surface area contributed by atoms with Crippen LogP contribution in [0.1, 0.15) is 38.1 Å². The molecule has 0 aliphatic heterocycles. The van der Waals surface area contributed by atoms with Crippen molar-refractivity contribution in [3.05, 3.63) is 60.2 Å². The summed E-state index contributed by atoms with van der Waals surface area (Å²) in [5, 5.41) is 2.75. The maximum absolute atomic E-state index is 13.0. The summed E-state index contributed by atoms with van der Waals surface area (Å²) in [5.74, 6) is -0.815. The maximum Gasteiger partial charge on any atom is 0.338 e. The maximum atomic E-state index is 13.0. The molecule has 0 unspecified atom stereocenters. The summed E-state index contributed by atoms with van der Waals surface area (Å²) in [7, 11) is -3.78. The zero-order valence-corrected chi connectivity index (χ0v) is 18.5. The van der Waals surface area contributed by atoms with Crippen molar-refractivity contribution < 1.29 is 22.7 Å². The Morgan fingerprint density at radius 1 is 1.00 bits per heavy atom. The number of esters is 1. The molecule has 0 aliphatic rings. The van der Waals surface area contributed by atoms with Crippen LogP contribution in [0.25, 0.3) is 0 Å². The number of benzene rings is 2. The van der Waals surface area contributed by atoms with Crippen molar-refractivity contribution in [1.29, 1.82) is 0 Å². The van der Waals surface area contributed by atoms with Crippen LogP contribution in [-0.4, -0.2) is 39.5 Å². The molecule has 1 N–H and O–H groups in total. The second-order valence-electron chi connectivity index (χ2n) is 7.21. The van der Waals surface area contributed by atoms with E-state index in [4.69, 9.17) is 4.74 Å². The summed E-state index contributed by atoms with van der Waals surface area (Å²) in [6.07, 6.45) is 0. The summed E-state index contributed by atoms with van der Waals surface area (Å²) in [6, 6.07) is 14.2. The molecule has 162 valence electrons. The summed E-state index contributed by atoms with van der Waals surface area (Å²) in [5.41, 5.74) is 0.728. The number of carbonyl (C=O) groups is 2. The highest BCUT2D eigenvalue weighted by atomic mass is 32.2. The van der Waals surface area contributed by atoms with E-state index in [1.54, 1.807) is 31.2 Å². The number of carbonyl (C=O) groups excluding carboxylic acids is 2. The lowest BCUT2D eigenvalue weighted by atomic mass is 10.1. The minimum Gasteiger partial charge on any atom is -0.452 e. The third-order valence-corrected chi connectivity index (χ3v) is 6.65. The molecule has 1 amide bonds. The molecule has 0 radical (unpaired) electrons. The molecule has 0 saturated carbocycles. The van der Waals surface area contributed by atoms with Crippen LogP contribution in [0.3, 0.4) is 0 Å². The molecule has 7 nitrogen and oxygen atoms in total. The SMILES string of the molecule is CCN(c1ccccc1)S(=O)(=O)c1ccc(C(=O)OCC(=O)N[C@H](C)C(C)C)cc1. The van der Waals surface area contributed by atoms with Gasteiger partial charge in [-0.1, -0.05) is 32.0 Å². The number of hydrogen-bond acceptors (Lipinski definition) is 5. The Hall–Kier alpha value is -2.87. The fourth-order valence-electron chi connectivity index (χ4n) is 2.65. The summed E-state index contributed by atoms with van der Waals surface area (Å²) in [6.45, 7) is 7.45. The van der Waals surface area contributed by atoms with Crippen molar-refractivity contribution in [3.8, 4) is 0 Å². The number of sulfonamides is 1. The van der Waals surface area contributed by atoms with Gasteiger partial charge in [0, 0.05) is 12.6 Å². The number of para-hydroxylation sites is 1. The molecule has 2 aromatic rings. The van der Waals surface area contributed by atoms with Gasteiger partial charge in [-0.3, -0.25) is 9.10 Å². The Morgan fingerprint density at radius 2 is 1.60 bits per heavy atom. The predicted molar refractivity (Wildman–Crippen MR) is 116 cm³/mol. The lowest BCUT2D eigenvalue weighted by Gasteiger charge is -2.23. The van der Waals surface area contributed by atoms with E-state index in [1.807, 2.05) is 26.8 Å². The first-order valence-corrected chi connectivity index (χ1v) is 11.2. The zero-order chi connectivity index (χ0) is 22.3. The number of nitrogens with one attached hydrogen (secondary N) is 1. The largest absolute Gasteiger partial charge is 0.452 e. The molecule has 0 spiro atoms. The molecule has 8 heteroatoms. The Labute approximate surface area is 178 Å². The molecule has 0 aliphatic carbocycles. The minimum absolute atomic E-state index is 0.0354. The van der Waals surface area contributed by atoms with E-state index in [1.165, 1.54) is 28.6 Å². The first-order chi connectivity index (χ1) is 14.2. The fourth-order valence-corrected chi connectivity index (χ4v) is 4.13. The van der Waals surface area contributed by atoms with Crippen molar-refractivity contribution in [1.82, 2.24) is 5.32 Å². The van der Waals surface area contributed by atoms with E-state index in [0.717, 1.165) is 0 Å². The molecular weight excluding hydrogens is 404 g/mol. The molecule has 30 heavy (non-hydrogen) atoms. The fraction of sp³-hybridized carbons (Fsp3) is 0.364.